The molecule has 0 heterocycles. The average molecular weight is 146 g/mol. The molecular weight excluding hydrogens is 128 g/mol. The lowest BCUT2D eigenvalue weighted by Gasteiger charge is -2.01. The Balaban J connectivity index is 0. The zero-order valence-electron chi connectivity index (χ0n) is 7.39. The summed E-state index contributed by atoms with van der Waals surface area (Å²) in [4.78, 5) is 9.17. The van der Waals surface area contributed by atoms with Crippen molar-refractivity contribution in [1.29, 1.82) is 0 Å². The van der Waals surface area contributed by atoms with Crippen LogP contribution in [0.5, 0.6) is 0 Å². The summed E-state index contributed by atoms with van der Waals surface area (Å²) in [7, 11) is 1.73. The summed E-state index contributed by atoms with van der Waals surface area (Å²) in [5.74, 6) is 0. The Kier molecular flexibility index (Phi) is 14.1. The number of hydrogen-bond acceptors (Lipinski definition) is 2. The third-order valence-electron chi connectivity index (χ3n) is 1.14. The predicted octanol–water partition coefficient (Wildman–Crippen LogP) is 2.03. The first-order chi connectivity index (χ1) is 4.72. The second-order valence-electron chi connectivity index (χ2n) is 2.03. The van der Waals surface area contributed by atoms with Gasteiger partial charge in [0.25, 0.3) is 0 Å². The molecular formula is C8H18O2. The number of carbonyl (C=O) groups is 1. The minimum absolute atomic E-state index is 0.435. The van der Waals surface area contributed by atoms with Crippen LogP contribution < -0.4 is 0 Å². The fraction of sp³-hybridized carbons (Fsp3) is 0.875. The van der Waals surface area contributed by atoms with Crippen LogP contribution in [-0.4, -0.2) is 19.5 Å². The smallest absolute Gasteiger partial charge is 0.119 e. The van der Waals surface area contributed by atoms with Crippen molar-refractivity contribution in [2.45, 2.75) is 39.7 Å². The number of carbonyl (C=O) groups excluding carboxylic acids is 1. The Morgan fingerprint density at radius 2 is 1.90 bits per heavy atom. The molecule has 2 nitrogen and oxygen atoms in total. The number of aldehydes is 1. The zero-order valence-corrected chi connectivity index (χ0v) is 7.39. The van der Waals surface area contributed by atoms with Gasteiger partial charge in [-0.15, -0.1) is 0 Å². The van der Waals surface area contributed by atoms with Crippen molar-refractivity contribution >= 4 is 6.29 Å². The molecule has 0 aliphatic rings. The number of methoxy groups -OCH3 is 1. The summed E-state index contributed by atoms with van der Waals surface area (Å²) in [5.41, 5.74) is 0. The number of hydrogen-bond donors (Lipinski definition) is 0. The Morgan fingerprint density at radius 3 is 1.90 bits per heavy atom. The van der Waals surface area contributed by atoms with Gasteiger partial charge in [-0.3, -0.25) is 0 Å². The molecule has 0 N–H and O–H groups in total. The molecule has 0 saturated carbocycles. The highest BCUT2D eigenvalue weighted by molar-refractivity contribution is 5.48. The highest BCUT2D eigenvalue weighted by Gasteiger charge is 1.88. The molecule has 0 amide bonds. The second kappa shape index (κ2) is 11.4. The van der Waals surface area contributed by atoms with Crippen molar-refractivity contribution in [3.63, 3.8) is 0 Å². The SMILES string of the molecule is CCC(C)OC.CCC=O. The average Bonchev–Trinajstić information content (AvgIpc) is 2.03. The Labute approximate surface area is 63.6 Å². The molecule has 1 unspecified atom stereocenters. The molecule has 0 aromatic rings. The lowest BCUT2D eigenvalue weighted by Crippen LogP contribution is -2.00. The van der Waals surface area contributed by atoms with E-state index in [1.807, 2.05) is 6.92 Å². The van der Waals surface area contributed by atoms with Gasteiger partial charge in [-0.05, 0) is 13.3 Å². The quantitative estimate of drug-likeness (QED) is 0.569. The maximum absolute atomic E-state index is 9.17. The molecule has 0 spiro atoms. The Morgan fingerprint density at radius 1 is 1.50 bits per heavy atom. The van der Waals surface area contributed by atoms with Gasteiger partial charge in [0.05, 0.1) is 6.10 Å². The first kappa shape index (κ1) is 12.3. The van der Waals surface area contributed by atoms with Crippen LogP contribution in [-0.2, 0) is 9.53 Å². The van der Waals surface area contributed by atoms with E-state index in [4.69, 9.17) is 4.74 Å². The molecule has 10 heavy (non-hydrogen) atoms. The maximum atomic E-state index is 9.17. The maximum Gasteiger partial charge on any atom is 0.119 e. The summed E-state index contributed by atoms with van der Waals surface area (Å²) >= 11 is 0. The summed E-state index contributed by atoms with van der Waals surface area (Å²) < 4.78 is 4.90. The third-order valence-corrected chi connectivity index (χ3v) is 1.14. The molecule has 62 valence electrons. The van der Waals surface area contributed by atoms with Crippen molar-refractivity contribution in [1.82, 2.24) is 0 Å². The van der Waals surface area contributed by atoms with Crippen molar-refractivity contribution in [3.05, 3.63) is 0 Å². The van der Waals surface area contributed by atoms with Gasteiger partial charge in [0.2, 0.25) is 0 Å². The third kappa shape index (κ3) is 15.6. The van der Waals surface area contributed by atoms with Crippen LogP contribution in [0.15, 0.2) is 0 Å². The first-order valence-electron chi connectivity index (χ1n) is 3.69. The normalized spacial score (nSPS) is 11.2. The van der Waals surface area contributed by atoms with Crippen molar-refractivity contribution in [2.24, 2.45) is 0 Å². The minimum atomic E-state index is 0.435. The van der Waals surface area contributed by atoms with Crippen LogP contribution in [0, 0.1) is 0 Å². The summed E-state index contributed by atoms with van der Waals surface area (Å²) in [6.07, 6.45) is 3.06. The first-order valence-corrected chi connectivity index (χ1v) is 3.69. The summed E-state index contributed by atoms with van der Waals surface area (Å²) in [5, 5.41) is 0. The van der Waals surface area contributed by atoms with Gasteiger partial charge in [-0.25, -0.2) is 0 Å². The highest BCUT2D eigenvalue weighted by Crippen LogP contribution is 1.89. The largest absolute Gasteiger partial charge is 0.382 e. The molecule has 0 saturated heterocycles. The van der Waals surface area contributed by atoms with E-state index < -0.39 is 0 Å². The van der Waals surface area contributed by atoms with Crippen LogP contribution in [0.1, 0.15) is 33.6 Å². The van der Waals surface area contributed by atoms with E-state index in [0.29, 0.717) is 12.5 Å². The van der Waals surface area contributed by atoms with E-state index in [1.54, 1.807) is 7.11 Å². The molecule has 0 aromatic carbocycles. The number of rotatable bonds is 3. The van der Waals surface area contributed by atoms with Crippen molar-refractivity contribution in [2.75, 3.05) is 7.11 Å². The van der Waals surface area contributed by atoms with Gasteiger partial charge in [0, 0.05) is 13.5 Å². The van der Waals surface area contributed by atoms with Gasteiger partial charge >= 0.3 is 0 Å². The Bertz CT molecular complexity index is 58.3. The predicted molar refractivity (Wildman–Crippen MR) is 43.1 cm³/mol. The molecule has 0 aliphatic carbocycles. The Hall–Kier alpha value is -0.370. The van der Waals surface area contributed by atoms with E-state index >= 15 is 0 Å². The van der Waals surface area contributed by atoms with Gasteiger partial charge in [0.1, 0.15) is 6.29 Å². The molecule has 0 aromatic heterocycles. The molecule has 0 fully saturated rings. The lowest BCUT2D eigenvalue weighted by atomic mass is 10.3. The number of ether oxygens (including phenoxy) is 1. The van der Waals surface area contributed by atoms with Crippen LogP contribution in [0.25, 0.3) is 0 Å². The zero-order chi connectivity index (χ0) is 8.41. The molecule has 2 heteroatoms. The van der Waals surface area contributed by atoms with E-state index in [2.05, 4.69) is 13.8 Å². The van der Waals surface area contributed by atoms with Crippen molar-refractivity contribution in [3.8, 4) is 0 Å². The van der Waals surface area contributed by atoms with Gasteiger partial charge < -0.3 is 9.53 Å². The van der Waals surface area contributed by atoms with Crippen LogP contribution in [0.3, 0.4) is 0 Å². The van der Waals surface area contributed by atoms with Gasteiger partial charge in [-0.1, -0.05) is 13.8 Å². The monoisotopic (exact) mass is 146 g/mol. The summed E-state index contributed by atoms with van der Waals surface area (Å²) in [6, 6.07) is 0. The molecule has 0 radical (unpaired) electrons. The van der Waals surface area contributed by atoms with E-state index in [9.17, 15) is 4.79 Å². The summed E-state index contributed by atoms with van der Waals surface area (Å²) in [6.45, 7) is 5.97. The van der Waals surface area contributed by atoms with Crippen LogP contribution in [0.4, 0.5) is 0 Å². The molecule has 0 bridgehead atoms. The fourth-order valence-electron chi connectivity index (χ4n) is 0.167. The van der Waals surface area contributed by atoms with Crippen LogP contribution in [0.2, 0.25) is 0 Å². The molecule has 0 aliphatic heterocycles. The lowest BCUT2D eigenvalue weighted by molar-refractivity contribution is -0.107. The van der Waals surface area contributed by atoms with Crippen molar-refractivity contribution < 1.29 is 9.53 Å². The van der Waals surface area contributed by atoms with Crippen LogP contribution >= 0.6 is 0 Å². The molecule has 0 rings (SSSR count). The highest BCUT2D eigenvalue weighted by atomic mass is 16.5. The second-order valence-corrected chi connectivity index (χ2v) is 2.03. The fourth-order valence-corrected chi connectivity index (χ4v) is 0.167. The van der Waals surface area contributed by atoms with Gasteiger partial charge in [0.15, 0.2) is 0 Å². The standard InChI is InChI=1S/C5H12O.C3H6O/c1-4-5(2)6-3;1-2-3-4/h5H,4H2,1-3H3;3H,2H2,1H3. The van der Waals surface area contributed by atoms with E-state index in [1.165, 1.54) is 0 Å². The molecule has 1 atom stereocenters. The topological polar surface area (TPSA) is 26.3 Å². The van der Waals surface area contributed by atoms with Gasteiger partial charge in [-0.2, -0.15) is 0 Å². The van der Waals surface area contributed by atoms with E-state index in [-0.39, 0.29) is 0 Å². The minimum Gasteiger partial charge on any atom is -0.382 e. The van der Waals surface area contributed by atoms with E-state index in [0.717, 1.165) is 12.7 Å².